The average molecular weight is 511 g/mol. The Morgan fingerprint density at radius 1 is 0.946 bits per heavy atom. The number of anilines is 4. The number of nitrogens with zero attached hydrogens (tertiary/aromatic N) is 5. The highest BCUT2D eigenvalue weighted by Gasteiger charge is 2.29. The number of hydrogen-bond donors (Lipinski definition) is 3. The van der Waals surface area contributed by atoms with Crippen LogP contribution < -0.4 is 20.3 Å². The zero-order valence-corrected chi connectivity index (χ0v) is 19.0. The molecule has 1 aromatic heterocycles. The van der Waals surface area contributed by atoms with Crippen LogP contribution in [-0.4, -0.2) is 39.2 Å². The molecule has 0 amide bonds. The van der Waals surface area contributed by atoms with Gasteiger partial charge in [0.05, 0.1) is 6.21 Å². The van der Waals surface area contributed by atoms with E-state index in [0.29, 0.717) is 16.9 Å². The fraction of sp³-hybridized carbons (Fsp3) is 0.0833. The summed E-state index contributed by atoms with van der Waals surface area (Å²) in [5, 5.41) is 23.2. The molecular formula is C24H20F3N7O3. The number of hydrogen-bond acceptors (Lipinski definition) is 9. The Labute approximate surface area is 208 Å². The molecule has 0 radical (unpaired) electrons. The summed E-state index contributed by atoms with van der Waals surface area (Å²) in [5.41, 5.74) is 4.36. The van der Waals surface area contributed by atoms with Gasteiger partial charge in [0, 0.05) is 29.1 Å². The van der Waals surface area contributed by atoms with Gasteiger partial charge in [-0.2, -0.15) is 38.5 Å². The second-order valence-corrected chi connectivity index (χ2v) is 7.45. The van der Waals surface area contributed by atoms with Crippen LogP contribution in [0.1, 0.15) is 5.56 Å². The Balaban J connectivity index is 1.70. The monoisotopic (exact) mass is 511 g/mol. The maximum absolute atomic E-state index is 12.8. The first-order chi connectivity index (χ1) is 17.8. The molecule has 4 aromatic rings. The van der Waals surface area contributed by atoms with Gasteiger partial charge in [-0.25, -0.2) is 10.6 Å². The molecule has 3 N–H and O–H groups in total. The highest BCUT2D eigenvalue weighted by molar-refractivity contribution is 5.81. The van der Waals surface area contributed by atoms with Crippen molar-refractivity contribution < 1.29 is 28.3 Å². The van der Waals surface area contributed by atoms with Crippen molar-refractivity contribution in [2.24, 2.45) is 5.10 Å². The molecule has 0 spiro atoms. The topological polar surface area (TPSA) is 123 Å². The molecule has 3 aromatic carbocycles. The molecule has 1 unspecified atom stereocenters. The number of ether oxygens (including phenoxy) is 1. The van der Waals surface area contributed by atoms with E-state index in [9.17, 15) is 18.4 Å². The number of hydrazone groups is 1. The van der Waals surface area contributed by atoms with Gasteiger partial charge in [-0.1, -0.05) is 48.5 Å². The van der Waals surface area contributed by atoms with Crippen molar-refractivity contribution in [3.05, 3.63) is 95.7 Å². The summed E-state index contributed by atoms with van der Waals surface area (Å²) in [4.78, 5) is 14.0. The van der Waals surface area contributed by atoms with Crippen LogP contribution in [0.3, 0.4) is 0 Å². The average Bonchev–Trinajstić information content (AvgIpc) is 2.89. The van der Waals surface area contributed by atoms with Crippen molar-refractivity contribution in [2.75, 3.05) is 16.9 Å². The zero-order valence-electron chi connectivity index (χ0n) is 19.0. The van der Waals surface area contributed by atoms with Gasteiger partial charge in [-0.3, -0.25) is 4.90 Å². The van der Waals surface area contributed by atoms with Crippen molar-refractivity contribution >= 4 is 35.2 Å². The third-order valence-electron chi connectivity index (χ3n) is 4.71. The van der Waals surface area contributed by atoms with E-state index in [1.54, 1.807) is 65.6 Å². The third kappa shape index (κ3) is 7.20. The van der Waals surface area contributed by atoms with E-state index in [1.165, 1.54) is 18.3 Å². The zero-order chi connectivity index (χ0) is 26.3. The molecule has 0 aliphatic rings. The number of benzene rings is 3. The molecule has 0 aliphatic carbocycles. The predicted molar refractivity (Wildman–Crippen MR) is 129 cm³/mol. The summed E-state index contributed by atoms with van der Waals surface area (Å²) in [5.74, 6) is -0.208. The van der Waals surface area contributed by atoms with Crippen LogP contribution in [0.2, 0.25) is 0 Å². The van der Waals surface area contributed by atoms with E-state index in [0.717, 1.165) is 0 Å². The maximum atomic E-state index is 12.8. The minimum atomic E-state index is -4.60. The largest absolute Gasteiger partial charge is 0.595 e. The van der Waals surface area contributed by atoms with Gasteiger partial charge in [0.1, 0.15) is 0 Å². The molecule has 13 heteroatoms. The summed E-state index contributed by atoms with van der Waals surface area (Å²) < 4.78 is 43.3. The standard InChI is InChI=1S/C24H20F3N7O3/c25-24(26,27)16-37-23-30-21(32-28-15-17-8-7-13-20(14-17)34(35)36)29-22(31-23)33(18-9-3-1-4-10-18)19-11-5-2-6-12-19/h1-15,34-35H,16H2,(H,29,30,31,32). The van der Waals surface area contributed by atoms with Crippen LogP contribution in [0.15, 0.2) is 90.0 Å². The second-order valence-electron chi connectivity index (χ2n) is 7.45. The first kappa shape index (κ1) is 25.5. The first-order valence-corrected chi connectivity index (χ1v) is 10.8. The van der Waals surface area contributed by atoms with E-state index < -0.39 is 24.0 Å². The lowest BCUT2D eigenvalue weighted by atomic mass is 10.2. The highest BCUT2D eigenvalue weighted by atomic mass is 19.4. The minimum Gasteiger partial charge on any atom is -0.595 e. The van der Waals surface area contributed by atoms with E-state index in [-0.39, 0.29) is 17.6 Å². The Kier molecular flexibility index (Phi) is 7.88. The van der Waals surface area contributed by atoms with Gasteiger partial charge < -0.3 is 9.94 Å². The van der Waals surface area contributed by atoms with Gasteiger partial charge in [0.25, 0.3) is 5.95 Å². The van der Waals surface area contributed by atoms with E-state index in [2.05, 4.69) is 25.5 Å². The van der Waals surface area contributed by atoms with Crippen LogP contribution in [0.5, 0.6) is 6.01 Å². The van der Waals surface area contributed by atoms with Crippen LogP contribution >= 0.6 is 0 Å². The number of nitrogens with one attached hydrogen (secondary N) is 2. The Hall–Kier alpha value is -4.59. The van der Waals surface area contributed by atoms with Crippen molar-refractivity contribution in [3.63, 3.8) is 0 Å². The molecule has 0 fully saturated rings. The lowest BCUT2D eigenvalue weighted by Gasteiger charge is -2.23. The molecule has 1 heterocycles. The van der Waals surface area contributed by atoms with Crippen molar-refractivity contribution in [1.29, 1.82) is 0 Å². The molecule has 10 nitrogen and oxygen atoms in total. The summed E-state index contributed by atoms with van der Waals surface area (Å²) in [6.07, 6.45) is -3.29. The van der Waals surface area contributed by atoms with Gasteiger partial charge in [0.15, 0.2) is 12.3 Å². The number of halogens is 3. The lowest BCUT2D eigenvalue weighted by Crippen LogP contribution is -2.99. The minimum absolute atomic E-state index is 0.0184. The molecular weight excluding hydrogens is 491 g/mol. The number of aromatic nitrogens is 3. The fourth-order valence-electron chi connectivity index (χ4n) is 3.16. The van der Waals surface area contributed by atoms with Gasteiger partial charge >= 0.3 is 12.2 Å². The summed E-state index contributed by atoms with van der Waals surface area (Å²) in [7, 11) is 0. The van der Waals surface area contributed by atoms with Crippen LogP contribution in [0.25, 0.3) is 0 Å². The SMILES string of the molecule is [O-][NH+](O)c1cccc(C=NNc2nc(OCC(F)(F)F)nc(N(c3ccccc3)c3ccccc3)n2)c1. The summed E-state index contributed by atoms with van der Waals surface area (Å²) >= 11 is 0. The predicted octanol–water partition coefficient (Wildman–Crippen LogP) is 4.13. The molecule has 4 rings (SSSR count). The molecule has 0 saturated heterocycles. The van der Waals surface area contributed by atoms with Gasteiger partial charge in [0.2, 0.25) is 5.95 Å². The Bertz CT molecular complexity index is 1300. The molecule has 0 aliphatic heterocycles. The maximum Gasteiger partial charge on any atom is 0.422 e. The van der Waals surface area contributed by atoms with E-state index in [4.69, 9.17) is 9.94 Å². The quantitative estimate of drug-likeness (QED) is 0.226. The molecule has 1 atom stereocenters. The smallest absolute Gasteiger partial charge is 0.422 e. The summed E-state index contributed by atoms with van der Waals surface area (Å²) in [6, 6.07) is 23.4. The molecule has 37 heavy (non-hydrogen) atoms. The van der Waals surface area contributed by atoms with Gasteiger partial charge in [-0.15, -0.1) is 0 Å². The highest BCUT2D eigenvalue weighted by Crippen LogP contribution is 2.33. The molecule has 0 saturated carbocycles. The number of para-hydroxylation sites is 2. The van der Waals surface area contributed by atoms with Crippen LogP contribution in [0.4, 0.5) is 42.1 Å². The Morgan fingerprint density at radius 2 is 1.59 bits per heavy atom. The Morgan fingerprint density at radius 3 is 2.19 bits per heavy atom. The molecule has 0 bridgehead atoms. The fourth-order valence-corrected chi connectivity index (χ4v) is 3.16. The van der Waals surface area contributed by atoms with Crippen molar-refractivity contribution in [3.8, 4) is 6.01 Å². The van der Waals surface area contributed by atoms with Crippen LogP contribution in [-0.2, 0) is 0 Å². The van der Waals surface area contributed by atoms with Gasteiger partial charge in [-0.05, 0) is 24.3 Å². The normalized spacial score (nSPS) is 12.4. The van der Waals surface area contributed by atoms with Crippen molar-refractivity contribution in [2.45, 2.75) is 6.18 Å². The third-order valence-corrected chi connectivity index (χ3v) is 4.71. The van der Waals surface area contributed by atoms with Crippen LogP contribution in [0, 0.1) is 5.21 Å². The number of rotatable bonds is 9. The second kappa shape index (κ2) is 11.4. The molecule has 190 valence electrons. The number of alkyl halides is 3. The van der Waals surface area contributed by atoms with E-state index in [1.807, 2.05) is 12.1 Å². The first-order valence-electron chi connectivity index (χ1n) is 10.8. The van der Waals surface area contributed by atoms with Crippen molar-refractivity contribution in [1.82, 2.24) is 15.0 Å². The number of quaternary nitrogens is 1. The van der Waals surface area contributed by atoms with E-state index >= 15 is 0 Å². The summed E-state index contributed by atoms with van der Waals surface area (Å²) in [6.45, 7) is -1.60. The lowest BCUT2D eigenvalue weighted by molar-refractivity contribution is -0.991.